The number of phosphoric ester groups is 1. The van der Waals surface area contributed by atoms with Crippen molar-refractivity contribution in [3.05, 3.63) is 11.9 Å². The van der Waals surface area contributed by atoms with E-state index in [4.69, 9.17) is 14.5 Å². The molecular weight excluding hydrogens is 343 g/mol. The second kappa shape index (κ2) is 7.14. The van der Waals surface area contributed by atoms with Crippen LogP contribution in [-0.2, 0) is 13.8 Å². The molecule has 0 spiro atoms. The monoisotopic (exact) mass is 364 g/mol. The minimum atomic E-state index is -4.69. The van der Waals surface area contributed by atoms with Crippen LogP contribution in [0.3, 0.4) is 0 Å². The predicted molar refractivity (Wildman–Crippen MR) is 78.8 cm³/mol. The van der Waals surface area contributed by atoms with Crippen LogP contribution in [0.25, 0.3) is 0 Å². The van der Waals surface area contributed by atoms with Crippen LogP contribution in [0.15, 0.2) is 6.20 Å². The van der Waals surface area contributed by atoms with Gasteiger partial charge in [-0.2, -0.15) is 0 Å². The molecule has 1 unspecified atom stereocenters. The Morgan fingerprint density at radius 2 is 2.21 bits per heavy atom. The van der Waals surface area contributed by atoms with Crippen LogP contribution >= 0.6 is 7.82 Å². The lowest BCUT2D eigenvalue weighted by Crippen LogP contribution is -2.33. The third kappa shape index (κ3) is 4.01. The molecule has 2 fully saturated rings. The lowest BCUT2D eigenvalue weighted by Gasteiger charge is -2.20. The van der Waals surface area contributed by atoms with Gasteiger partial charge >= 0.3 is 7.82 Å². The van der Waals surface area contributed by atoms with E-state index < -0.39 is 39.0 Å². The number of ether oxygens (including phenoxy) is 1. The fraction of sp³-hybridized carbons (Fsp3) is 0.833. The molecule has 3 rings (SSSR count). The molecule has 2 aliphatic heterocycles. The maximum atomic E-state index is 10.7. The van der Waals surface area contributed by atoms with Crippen molar-refractivity contribution in [2.45, 2.75) is 43.3 Å². The summed E-state index contributed by atoms with van der Waals surface area (Å²) in [6.45, 7) is 1.23. The maximum Gasteiger partial charge on any atom is 0.469 e. The van der Waals surface area contributed by atoms with Gasteiger partial charge in [-0.1, -0.05) is 5.21 Å². The molecule has 11 nitrogen and oxygen atoms in total. The molecule has 1 aromatic rings. The predicted octanol–water partition coefficient (Wildman–Crippen LogP) is -1.53. The van der Waals surface area contributed by atoms with Gasteiger partial charge in [0.1, 0.15) is 18.3 Å². The number of aromatic nitrogens is 3. The molecule has 2 saturated heterocycles. The van der Waals surface area contributed by atoms with Gasteiger partial charge < -0.3 is 30.1 Å². The Kier molecular flexibility index (Phi) is 5.33. The summed E-state index contributed by atoms with van der Waals surface area (Å²) in [5, 5.41) is 31.4. The van der Waals surface area contributed by atoms with Crippen molar-refractivity contribution in [1.29, 1.82) is 0 Å². The zero-order chi connectivity index (χ0) is 17.3. The number of phosphoric acid groups is 1. The van der Waals surface area contributed by atoms with Crippen molar-refractivity contribution in [2.24, 2.45) is 0 Å². The van der Waals surface area contributed by atoms with Crippen molar-refractivity contribution in [3.63, 3.8) is 0 Å². The largest absolute Gasteiger partial charge is 0.469 e. The maximum absolute atomic E-state index is 10.7. The van der Waals surface area contributed by atoms with Crippen LogP contribution in [-0.4, -0.2) is 73.0 Å². The van der Waals surface area contributed by atoms with Crippen LogP contribution < -0.4 is 5.32 Å². The molecule has 136 valence electrons. The molecule has 24 heavy (non-hydrogen) atoms. The van der Waals surface area contributed by atoms with E-state index in [1.54, 1.807) is 6.20 Å². The summed E-state index contributed by atoms with van der Waals surface area (Å²) in [6.07, 6.45) is -1.06. The Labute approximate surface area is 137 Å². The molecule has 0 aliphatic carbocycles. The summed E-state index contributed by atoms with van der Waals surface area (Å²) in [6, 6.07) is 0. The average molecular weight is 364 g/mol. The van der Waals surface area contributed by atoms with Gasteiger partial charge in [0, 0.05) is 12.5 Å². The molecule has 3 heterocycles. The second-order valence-corrected chi connectivity index (χ2v) is 7.24. The molecule has 0 aromatic carbocycles. The average Bonchev–Trinajstić information content (AvgIpc) is 3.13. The van der Waals surface area contributed by atoms with Gasteiger partial charge in [-0.3, -0.25) is 4.52 Å². The highest BCUT2D eigenvalue weighted by Crippen LogP contribution is 2.38. The third-order valence-electron chi connectivity index (χ3n) is 4.25. The number of aliphatic hydroxyl groups excluding tert-OH is 2. The van der Waals surface area contributed by atoms with E-state index in [1.165, 1.54) is 4.68 Å². The number of hydrogen-bond acceptors (Lipinski definition) is 8. The minimum absolute atomic E-state index is 0.227. The number of aliphatic hydroxyl groups is 2. The first-order valence-corrected chi connectivity index (χ1v) is 9.22. The summed E-state index contributed by atoms with van der Waals surface area (Å²) < 4.78 is 21.8. The highest BCUT2D eigenvalue weighted by atomic mass is 31.2. The van der Waals surface area contributed by atoms with Crippen LogP contribution in [0.5, 0.6) is 0 Å². The number of nitrogens with one attached hydrogen (secondary N) is 1. The van der Waals surface area contributed by atoms with Gasteiger partial charge in [-0.05, 0) is 19.4 Å². The van der Waals surface area contributed by atoms with Crippen molar-refractivity contribution in [1.82, 2.24) is 20.3 Å². The Balaban J connectivity index is 1.66. The molecule has 0 amide bonds. The van der Waals surface area contributed by atoms with E-state index in [0.717, 1.165) is 31.6 Å². The van der Waals surface area contributed by atoms with Crippen LogP contribution in [0.1, 0.15) is 30.7 Å². The fourth-order valence-corrected chi connectivity index (χ4v) is 3.30. The van der Waals surface area contributed by atoms with E-state index in [1.807, 2.05) is 0 Å². The standard InChI is InChI=1S/C12H21N4O7P/c17-10-9(6-22-24(19,20)21)23-12(11(10)18)16-5-8(14-15-16)7-2-1-3-13-4-7/h5,7,9-13,17-18H,1-4,6H2,(H2,19,20,21)/t7?,9-,10-,11-,12-/m1/s1. The molecule has 1 aromatic heterocycles. The summed E-state index contributed by atoms with van der Waals surface area (Å²) in [5.41, 5.74) is 0.766. The van der Waals surface area contributed by atoms with Crippen molar-refractivity contribution in [3.8, 4) is 0 Å². The number of nitrogens with zero attached hydrogens (tertiary/aromatic N) is 3. The smallest absolute Gasteiger partial charge is 0.387 e. The van der Waals surface area contributed by atoms with E-state index in [-0.39, 0.29) is 5.92 Å². The Bertz CT molecular complexity index is 602. The quantitative estimate of drug-likeness (QED) is 0.388. The van der Waals surface area contributed by atoms with Crippen molar-refractivity contribution in [2.75, 3.05) is 19.7 Å². The molecule has 5 atom stereocenters. The molecule has 12 heteroatoms. The van der Waals surface area contributed by atoms with Gasteiger partial charge in [0.15, 0.2) is 6.23 Å². The van der Waals surface area contributed by atoms with Gasteiger partial charge in [-0.25, -0.2) is 9.25 Å². The number of piperidine rings is 1. The summed E-state index contributed by atoms with van der Waals surface area (Å²) >= 11 is 0. The number of hydrogen-bond donors (Lipinski definition) is 5. The Hall–Kier alpha value is -0.910. The molecule has 5 N–H and O–H groups in total. The van der Waals surface area contributed by atoms with Gasteiger partial charge in [0.05, 0.1) is 18.5 Å². The highest BCUT2D eigenvalue weighted by Gasteiger charge is 2.45. The first-order chi connectivity index (χ1) is 11.3. The van der Waals surface area contributed by atoms with Gasteiger partial charge in [-0.15, -0.1) is 5.10 Å². The summed E-state index contributed by atoms with van der Waals surface area (Å²) in [4.78, 5) is 17.4. The molecule has 0 radical (unpaired) electrons. The van der Waals surface area contributed by atoms with E-state index in [9.17, 15) is 14.8 Å². The molecule has 0 saturated carbocycles. The first-order valence-electron chi connectivity index (χ1n) is 7.69. The van der Waals surface area contributed by atoms with Crippen LogP contribution in [0.4, 0.5) is 0 Å². The first kappa shape index (κ1) is 17.9. The second-order valence-electron chi connectivity index (χ2n) is 6.00. The van der Waals surface area contributed by atoms with Crippen molar-refractivity contribution >= 4 is 7.82 Å². The Morgan fingerprint density at radius 1 is 1.42 bits per heavy atom. The fourth-order valence-electron chi connectivity index (χ4n) is 2.96. The molecule has 0 bridgehead atoms. The normalized spacial score (nSPS) is 34.6. The highest BCUT2D eigenvalue weighted by molar-refractivity contribution is 7.46. The number of rotatable bonds is 5. The zero-order valence-electron chi connectivity index (χ0n) is 12.8. The van der Waals surface area contributed by atoms with E-state index >= 15 is 0 Å². The lowest BCUT2D eigenvalue weighted by atomic mass is 9.97. The van der Waals surface area contributed by atoms with Gasteiger partial charge in [0.2, 0.25) is 0 Å². The van der Waals surface area contributed by atoms with Gasteiger partial charge in [0.25, 0.3) is 0 Å². The van der Waals surface area contributed by atoms with E-state index in [0.29, 0.717) is 0 Å². The zero-order valence-corrected chi connectivity index (χ0v) is 13.7. The van der Waals surface area contributed by atoms with E-state index in [2.05, 4.69) is 20.2 Å². The Morgan fingerprint density at radius 3 is 2.88 bits per heavy atom. The lowest BCUT2D eigenvalue weighted by molar-refractivity contribution is -0.0586. The summed E-state index contributed by atoms with van der Waals surface area (Å²) in [7, 11) is -4.69. The van der Waals surface area contributed by atoms with Crippen LogP contribution in [0, 0.1) is 0 Å². The van der Waals surface area contributed by atoms with Crippen LogP contribution in [0.2, 0.25) is 0 Å². The minimum Gasteiger partial charge on any atom is -0.387 e. The topological polar surface area (TPSA) is 159 Å². The molecule has 2 aliphatic rings. The third-order valence-corrected chi connectivity index (χ3v) is 4.73. The summed E-state index contributed by atoms with van der Waals surface area (Å²) in [5.74, 6) is 0.227. The SMILES string of the molecule is O=P(O)(O)OC[C@H]1O[C@@H](n2cc(C3CCCNC3)nn2)[C@H](O)[C@@H]1O. The van der Waals surface area contributed by atoms with Crippen molar-refractivity contribution < 1.29 is 33.8 Å². The molecular formula is C12H21N4O7P.